The molecule has 0 aromatic rings. The first-order valence-electron chi connectivity index (χ1n) is 7.95. The Labute approximate surface area is 121 Å². The van der Waals surface area contributed by atoms with Crippen molar-refractivity contribution in [2.45, 2.75) is 71.6 Å². The van der Waals surface area contributed by atoms with Crippen molar-refractivity contribution in [3.63, 3.8) is 0 Å². The van der Waals surface area contributed by atoms with Gasteiger partial charge in [0, 0.05) is 0 Å². The van der Waals surface area contributed by atoms with Gasteiger partial charge in [-0.3, -0.25) is 4.79 Å². The maximum Gasteiger partial charge on any atom is 0.339 e. The summed E-state index contributed by atoms with van der Waals surface area (Å²) < 4.78 is 4.70. The van der Waals surface area contributed by atoms with Crippen LogP contribution in [0.5, 0.6) is 0 Å². The summed E-state index contributed by atoms with van der Waals surface area (Å²) in [5.74, 6) is -1.48. The summed E-state index contributed by atoms with van der Waals surface area (Å²) in [7, 11) is 0. The maximum absolute atomic E-state index is 12.0. The van der Waals surface area contributed by atoms with E-state index in [1.54, 1.807) is 0 Å². The van der Waals surface area contributed by atoms with Crippen molar-refractivity contribution in [3.8, 4) is 0 Å². The third kappa shape index (κ3) is 4.89. The molecule has 1 aliphatic carbocycles. The second-order valence-corrected chi connectivity index (χ2v) is 5.94. The summed E-state index contributed by atoms with van der Waals surface area (Å²) in [6, 6.07) is 0. The molecule has 4 heteroatoms. The molecule has 1 unspecified atom stereocenters. The van der Waals surface area contributed by atoms with Gasteiger partial charge in [-0.05, 0) is 31.1 Å². The highest BCUT2D eigenvalue weighted by atomic mass is 16.6. The van der Waals surface area contributed by atoms with Crippen LogP contribution in [-0.4, -0.2) is 23.7 Å². The van der Waals surface area contributed by atoms with E-state index in [2.05, 4.69) is 6.92 Å². The third-order valence-corrected chi connectivity index (χ3v) is 4.45. The molecule has 0 radical (unpaired) electrons. The number of carbonyl (C=O) groups excluding carboxylic acids is 2. The first kappa shape index (κ1) is 17.2. The molecule has 1 saturated carbocycles. The zero-order chi connectivity index (χ0) is 15.0. The van der Waals surface area contributed by atoms with E-state index < -0.39 is 18.5 Å². The van der Waals surface area contributed by atoms with Crippen LogP contribution in [-0.2, 0) is 14.3 Å². The van der Waals surface area contributed by atoms with Crippen molar-refractivity contribution in [2.24, 2.45) is 11.3 Å². The fraction of sp³-hybridized carbons (Fsp3) is 0.875. The van der Waals surface area contributed by atoms with Crippen molar-refractivity contribution in [1.29, 1.82) is 0 Å². The maximum atomic E-state index is 12.0. The molecular formula is C16H28O4. The van der Waals surface area contributed by atoms with Gasteiger partial charge in [0.15, 0.2) is 0 Å². The van der Waals surface area contributed by atoms with Crippen LogP contribution in [0.4, 0.5) is 0 Å². The minimum absolute atomic E-state index is 0.0633. The molecule has 1 aliphatic rings. The second-order valence-electron chi connectivity index (χ2n) is 5.94. The lowest BCUT2D eigenvalue weighted by Crippen LogP contribution is -2.29. The van der Waals surface area contributed by atoms with Crippen molar-refractivity contribution < 1.29 is 19.4 Å². The van der Waals surface area contributed by atoms with Crippen LogP contribution in [0, 0.1) is 11.3 Å². The molecule has 0 bridgehead atoms. The van der Waals surface area contributed by atoms with E-state index >= 15 is 0 Å². The summed E-state index contributed by atoms with van der Waals surface area (Å²) in [6.45, 7) is 3.43. The molecule has 0 aromatic heterocycles. The smallest absolute Gasteiger partial charge is 0.339 e. The predicted molar refractivity (Wildman–Crippen MR) is 77.0 cm³/mol. The number of aliphatic hydroxyl groups is 1. The topological polar surface area (TPSA) is 63.6 Å². The van der Waals surface area contributed by atoms with Crippen LogP contribution in [0.2, 0.25) is 0 Å². The van der Waals surface area contributed by atoms with E-state index in [9.17, 15) is 9.59 Å². The van der Waals surface area contributed by atoms with Gasteiger partial charge in [0.25, 0.3) is 0 Å². The van der Waals surface area contributed by atoms with Crippen molar-refractivity contribution in [2.75, 3.05) is 6.61 Å². The van der Waals surface area contributed by atoms with Crippen LogP contribution in [0.15, 0.2) is 0 Å². The molecule has 1 fully saturated rings. The fourth-order valence-electron chi connectivity index (χ4n) is 3.08. The van der Waals surface area contributed by atoms with E-state index in [0.717, 1.165) is 25.7 Å². The Hall–Kier alpha value is -0.900. The minimum atomic E-state index is -0.841. The molecule has 0 aliphatic heterocycles. The first-order chi connectivity index (χ1) is 9.59. The standard InChI is InChI=1S/C16H28O4/c1-3-5-6-7-8-9-16(10-11-16)13(4-2)15(19)20-14(18)12-17/h13,17H,3-12H2,1-2H3. The lowest BCUT2D eigenvalue weighted by atomic mass is 9.82. The molecule has 4 nitrogen and oxygen atoms in total. The summed E-state index contributed by atoms with van der Waals surface area (Å²) in [5.41, 5.74) is 0.0633. The Morgan fingerprint density at radius 1 is 1.15 bits per heavy atom. The van der Waals surface area contributed by atoms with Crippen molar-refractivity contribution in [3.05, 3.63) is 0 Å². The van der Waals surface area contributed by atoms with Gasteiger partial charge in [-0.15, -0.1) is 0 Å². The lowest BCUT2D eigenvalue weighted by molar-refractivity contribution is -0.166. The average Bonchev–Trinajstić information content (AvgIpc) is 3.20. The summed E-state index contributed by atoms with van der Waals surface area (Å²) in [6.07, 6.45) is 10.0. The van der Waals surface area contributed by atoms with E-state index in [1.165, 1.54) is 25.7 Å². The van der Waals surface area contributed by atoms with Gasteiger partial charge < -0.3 is 9.84 Å². The summed E-state index contributed by atoms with van der Waals surface area (Å²) in [4.78, 5) is 23.0. The Balaban J connectivity index is 2.42. The lowest BCUT2D eigenvalue weighted by Gasteiger charge is -2.23. The monoisotopic (exact) mass is 284 g/mol. The molecule has 116 valence electrons. The van der Waals surface area contributed by atoms with Crippen LogP contribution in [0.3, 0.4) is 0 Å². The molecule has 0 saturated heterocycles. The molecule has 0 aromatic carbocycles. The number of esters is 2. The molecule has 1 atom stereocenters. The number of hydrogen-bond donors (Lipinski definition) is 1. The normalized spacial score (nSPS) is 17.6. The van der Waals surface area contributed by atoms with E-state index in [-0.39, 0.29) is 11.3 Å². The largest absolute Gasteiger partial charge is 0.391 e. The second kappa shape index (κ2) is 8.40. The zero-order valence-electron chi connectivity index (χ0n) is 12.8. The van der Waals surface area contributed by atoms with E-state index in [0.29, 0.717) is 6.42 Å². The number of aliphatic hydroxyl groups excluding tert-OH is 1. The minimum Gasteiger partial charge on any atom is -0.391 e. The van der Waals surface area contributed by atoms with Gasteiger partial charge in [0.05, 0.1) is 5.92 Å². The van der Waals surface area contributed by atoms with Gasteiger partial charge >= 0.3 is 11.9 Å². The highest BCUT2D eigenvalue weighted by Gasteiger charge is 2.51. The number of ether oxygens (including phenoxy) is 1. The van der Waals surface area contributed by atoms with Gasteiger partial charge in [-0.25, -0.2) is 4.79 Å². The van der Waals surface area contributed by atoms with Crippen LogP contribution >= 0.6 is 0 Å². The third-order valence-electron chi connectivity index (χ3n) is 4.45. The number of rotatable bonds is 10. The van der Waals surface area contributed by atoms with E-state index in [1.807, 2.05) is 6.92 Å². The van der Waals surface area contributed by atoms with Crippen LogP contribution in [0.25, 0.3) is 0 Å². The number of unbranched alkanes of at least 4 members (excludes halogenated alkanes) is 4. The van der Waals surface area contributed by atoms with Gasteiger partial charge in [0.1, 0.15) is 6.61 Å². The van der Waals surface area contributed by atoms with Crippen molar-refractivity contribution in [1.82, 2.24) is 0 Å². The molecule has 1 N–H and O–H groups in total. The highest BCUT2D eigenvalue weighted by molar-refractivity contribution is 5.87. The zero-order valence-corrected chi connectivity index (χ0v) is 12.8. The molecule has 0 amide bonds. The number of carbonyl (C=O) groups is 2. The summed E-state index contributed by atoms with van der Waals surface area (Å²) >= 11 is 0. The molecule has 0 spiro atoms. The van der Waals surface area contributed by atoms with Gasteiger partial charge in [-0.1, -0.05) is 46.0 Å². The molecule has 0 heterocycles. The quantitative estimate of drug-likeness (QED) is 0.380. The SMILES string of the molecule is CCCCCCCC1(C(CC)C(=O)OC(=O)CO)CC1. The van der Waals surface area contributed by atoms with Gasteiger partial charge in [0.2, 0.25) is 0 Å². The first-order valence-corrected chi connectivity index (χ1v) is 7.95. The Bertz CT molecular complexity index is 320. The van der Waals surface area contributed by atoms with Crippen LogP contribution in [0.1, 0.15) is 71.6 Å². The van der Waals surface area contributed by atoms with Crippen LogP contribution < -0.4 is 0 Å². The molecular weight excluding hydrogens is 256 g/mol. The van der Waals surface area contributed by atoms with E-state index in [4.69, 9.17) is 9.84 Å². The predicted octanol–water partition coefficient (Wildman–Crippen LogP) is 3.22. The number of hydrogen-bond acceptors (Lipinski definition) is 4. The molecule has 20 heavy (non-hydrogen) atoms. The van der Waals surface area contributed by atoms with Gasteiger partial charge in [-0.2, -0.15) is 0 Å². The average molecular weight is 284 g/mol. The fourth-order valence-corrected chi connectivity index (χ4v) is 3.08. The Kier molecular flexibility index (Phi) is 7.20. The van der Waals surface area contributed by atoms with Crippen molar-refractivity contribution >= 4 is 11.9 Å². The molecule has 1 rings (SSSR count). The summed E-state index contributed by atoms with van der Waals surface area (Å²) in [5, 5.41) is 8.65. The Morgan fingerprint density at radius 3 is 2.30 bits per heavy atom. The highest BCUT2D eigenvalue weighted by Crippen LogP contribution is 2.57. The Morgan fingerprint density at radius 2 is 1.80 bits per heavy atom.